The minimum Gasteiger partial charge on any atom is -0.354 e. The van der Waals surface area contributed by atoms with Gasteiger partial charge in [0.25, 0.3) is 0 Å². The summed E-state index contributed by atoms with van der Waals surface area (Å²) in [6.45, 7) is 5.57. The predicted molar refractivity (Wildman–Crippen MR) is 93.4 cm³/mol. The van der Waals surface area contributed by atoms with Crippen LogP contribution in [0, 0.1) is 13.8 Å². The van der Waals surface area contributed by atoms with Gasteiger partial charge in [0.1, 0.15) is 5.25 Å². The Morgan fingerprint density at radius 3 is 2.54 bits per heavy atom. The van der Waals surface area contributed by atoms with Crippen molar-refractivity contribution in [2.45, 2.75) is 37.3 Å². The van der Waals surface area contributed by atoms with E-state index in [4.69, 9.17) is 0 Å². The standard InChI is InChI=1S/C18H22N2O3S/c1-4-18(21)20-12-17(15-6-5-9-19-11-15)24(22,23)16-8-7-13(2)14(3)10-16/h5-11,17H,4,12H2,1-3H3,(H,20,21)/t17-/m1/s1. The molecular weight excluding hydrogens is 324 g/mol. The average molecular weight is 346 g/mol. The molecule has 2 aromatic rings. The molecule has 0 saturated carbocycles. The van der Waals surface area contributed by atoms with Crippen LogP contribution in [0.15, 0.2) is 47.6 Å². The molecule has 0 saturated heterocycles. The van der Waals surface area contributed by atoms with Gasteiger partial charge < -0.3 is 5.32 Å². The maximum absolute atomic E-state index is 13.1. The van der Waals surface area contributed by atoms with E-state index in [1.165, 1.54) is 6.20 Å². The van der Waals surface area contributed by atoms with Crippen LogP contribution >= 0.6 is 0 Å². The first-order valence-corrected chi connectivity index (χ1v) is 9.38. The Balaban J connectivity index is 2.44. The quantitative estimate of drug-likeness (QED) is 0.872. The smallest absolute Gasteiger partial charge is 0.219 e. The van der Waals surface area contributed by atoms with Gasteiger partial charge in [0, 0.05) is 25.4 Å². The normalized spacial score (nSPS) is 12.6. The number of nitrogens with one attached hydrogen (secondary N) is 1. The fraction of sp³-hybridized carbons (Fsp3) is 0.333. The minimum atomic E-state index is -3.65. The topological polar surface area (TPSA) is 76.1 Å². The number of hydrogen-bond donors (Lipinski definition) is 1. The highest BCUT2D eigenvalue weighted by Crippen LogP contribution is 2.29. The third-order valence-corrected chi connectivity index (χ3v) is 6.14. The summed E-state index contributed by atoms with van der Waals surface area (Å²) in [4.78, 5) is 15.9. The van der Waals surface area contributed by atoms with Crippen LogP contribution in [0.3, 0.4) is 0 Å². The molecule has 6 heteroatoms. The SMILES string of the molecule is CCC(=O)NC[C@H](c1cccnc1)S(=O)(=O)c1ccc(C)c(C)c1. The number of hydrogen-bond acceptors (Lipinski definition) is 4. The van der Waals surface area contributed by atoms with Crippen molar-refractivity contribution in [2.24, 2.45) is 0 Å². The zero-order chi connectivity index (χ0) is 17.7. The molecule has 0 aliphatic carbocycles. The van der Waals surface area contributed by atoms with E-state index in [1.54, 1.807) is 43.5 Å². The van der Waals surface area contributed by atoms with Crippen molar-refractivity contribution in [2.75, 3.05) is 6.54 Å². The molecule has 1 atom stereocenters. The number of rotatable bonds is 6. The number of benzene rings is 1. The monoisotopic (exact) mass is 346 g/mol. The highest BCUT2D eigenvalue weighted by atomic mass is 32.2. The molecule has 0 radical (unpaired) electrons. The van der Waals surface area contributed by atoms with Gasteiger partial charge in [-0.2, -0.15) is 0 Å². The van der Waals surface area contributed by atoms with E-state index in [0.717, 1.165) is 11.1 Å². The van der Waals surface area contributed by atoms with Gasteiger partial charge in [-0.3, -0.25) is 9.78 Å². The first-order chi connectivity index (χ1) is 11.4. The first kappa shape index (κ1) is 18.1. The zero-order valence-corrected chi connectivity index (χ0v) is 14.9. The van der Waals surface area contributed by atoms with E-state index in [-0.39, 0.29) is 17.3 Å². The maximum Gasteiger partial charge on any atom is 0.219 e. The van der Waals surface area contributed by atoms with Crippen LogP contribution in [0.5, 0.6) is 0 Å². The van der Waals surface area contributed by atoms with Gasteiger partial charge in [0.05, 0.1) is 4.90 Å². The molecular formula is C18H22N2O3S. The molecule has 1 N–H and O–H groups in total. The van der Waals surface area contributed by atoms with E-state index < -0.39 is 15.1 Å². The minimum absolute atomic E-state index is 0.0215. The summed E-state index contributed by atoms with van der Waals surface area (Å²) in [7, 11) is -3.65. The van der Waals surface area contributed by atoms with Gasteiger partial charge in [-0.1, -0.05) is 19.1 Å². The van der Waals surface area contributed by atoms with Gasteiger partial charge in [-0.25, -0.2) is 8.42 Å². The molecule has 2 rings (SSSR count). The lowest BCUT2D eigenvalue weighted by Crippen LogP contribution is -2.31. The molecule has 1 amide bonds. The second kappa shape index (κ2) is 7.57. The van der Waals surface area contributed by atoms with Crippen LogP contribution in [0.25, 0.3) is 0 Å². The molecule has 0 unspecified atom stereocenters. The van der Waals surface area contributed by atoms with E-state index in [2.05, 4.69) is 10.3 Å². The Bertz CT molecular complexity index is 817. The summed E-state index contributed by atoms with van der Waals surface area (Å²) < 4.78 is 26.2. The molecule has 1 aromatic heterocycles. The Hall–Kier alpha value is -2.21. The molecule has 0 aliphatic heterocycles. The summed E-state index contributed by atoms with van der Waals surface area (Å²) in [5.41, 5.74) is 2.51. The van der Waals surface area contributed by atoms with Crippen molar-refractivity contribution >= 4 is 15.7 Å². The van der Waals surface area contributed by atoms with E-state index in [1.807, 2.05) is 13.8 Å². The molecule has 0 bridgehead atoms. The van der Waals surface area contributed by atoms with Gasteiger partial charge in [-0.05, 0) is 48.7 Å². The number of aromatic nitrogens is 1. The summed E-state index contributed by atoms with van der Waals surface area (Å²) in [6, 6.07) is 8.50. The number of sulfone groups is 1. The lowest BCUT2D eigenvalue weighted by molar-refractivity contribution is -0.120. The molecule has 0 aliphatic rings. The van der Waals surface area contributed by atoms with Crippen LogP contribution in [0.1, 0.15) is 35.3 Å². The van der Waals surface area contributed by atoms with Crippen molar-refractivity contribution in [3.05, 3.63) is 59.4 Å². The van der Waals surface area contributed by atoms with Gasteiger partial charge in [0.2, 0.25) is 5.91 Å². The number of amides is 1. The number of carbonyl (C=O) groups is 1. The van der Waals surface area contributed by atoms with Crippen molar-refractivity contribution in [1.82, 2.24) is 10.3 Å². The number of aryl methyl sites for hydroxylation is 2. The molecule has 128 valence electrons. The van der Waals surface area contributed by atoms with Crippen molar-refractivity contribution in [3.8, 4) is 0 Å². The molecule has 1 heterocycles. The third kappa shape index (κ3) is 4.00. The number of carbonyl (C=O) groups excluding carboxylic acids is 1. The number of pyridine rings is 1. The van der Waals surface area contributed by atoms with Crippen LogP contribution in [-0.4, -0.2) is 25.9 Å². The zero-order valence-electron chi connectivity index (χ0n) is 14.1. The largest absolute Gasteiger partial charge is 0.354 e. The van der Waals surface area contributed by atoms with E-state index in [9.17, 15) is 13.2 Å². The van der Waals surface area contributed by atoms with Crippen molar-refractivity contribution < 1.29 is 13.2 Å². The van der Waals surface area contributed by atoms with Crippen LogP contribution < -0.4 is 5.32 Å². The fourth-order valence-corrected chi connectivity index (χ4v) is 4.09. The fourth-order valence-electron chi connectivity index (χ4n) is 2.36. The first-order valence-electron chi connectivity index (χ1n) is 7.84. The van der Waals surface area contributed by atoms with Crippen LogP contribution in [0.4, 0.5) is 0 Å². The van der Waals surface area contributed by atoms with Crippen molar-refractivity contribution in [1.29, 1.82) is 0 Å². The van der Waals surface area contributed by atoms with E-state index >= 15 is 0 Å². The van der Waals surface area contributed by atoms with Gasteiger partial charge in [-0.15, -0.1) is 0 Å². The van der Waals surface area contributed by atoms with Gasteiger partial charge in [0.15, 0.2) is 9.84 Å². The summed E-state index contributed by atoms with van der Waals surface area (Å²) in [5.74, 6) is -0.181. The highest BCUT2D eigenvalue weighted by Gasteiger charge is 2.30. The molecule has 24 heavy (non-hydrogen) atoms. The Morgan fingerprint density at radius 1 is 1.21 bits per heavy atom. The molecule has 5 nitrogen and oxygen atoms in total. The van der Waals surface area contributed by atoms with E-state index in [0.29, 0.717) is 12.0 Å². The molecule has 0 fully saturated rings. The predicted octanol–water partition coefficient (Wildman–Crippen LogP) is 2.74. The third-order valence-electron chi connectivity index (χ3n) is 4.04. The maximum atomic E-state index is 13.1. The summed E-state index contributed by atoms with van der Waals surface area (Å²) in [6.07, 6.45) is 3.43. The second-order valence-corrected chi connectivity index (χ2v) is 7.85. The number of nitrogens with zero attached hydrogens (tertiary/aromatic N) is 1. The van der Waals surface area contributed by atoms with Gasteiger partial charge >= 0.3 is 0 Å². The lowest BCUT2D eigenvalue weighted by Gasteiger charge is -2.19. The summed E-state index contributed by atoms with van der Waals surface area (Å²) >= 11 is 0. The molecule has 1 aromatic carbocycles. The Morgan fingerprint density at radius 2 is 1.96 bits per heavy atom. The Kier molecular flexibility index (Phi) is 5.72. The lowest BCUT2D eigenvalue weighted by atomic mass is 10.1. The van der Waals surface area contributed by atoms with Crippen LogP contribution in [0.2, 0.25) is 0 Å². The van der Waals surface area contributed by atoms with Crippen molar-refractivity contribution in [3.63, 3.8) is 0 Å². The second-order valence-electron chi connectivity index (χ2n) is 5.72. The Labute approximate surface area is 143 Å². The van der Waals surface area contributed by atoms with Crippen LogP contribution in [-0.2, 0) is 14.6 Å². The highest BCUT2D eigenvalue weighted by molar-refractivity contribution is 7.91. The molecule has 0 spiro atoms. The average Bonchev–Trinajstić information content (AvgIpc) is 2.57. The summed E-state index contributed by atoms with van der Waals surface area (Å²) in [5, 5.41) is 1.82.